The molecule has 454 valence electrons. The number of hydrogen-bond acceptors (Lipinski definition) is 13. The van der Waals surface area contributed by atoms with Gasteiger partial charge in [0.25, 0.3) is 0 Å². The largest absolute Gasteiger partial charge is 0.394 e. The van der Waals surface area contributed by atoms with E-state index in [4.69, 9.17) is 18.9 Å². The van der Waals surface area contributed by atoms with Crippen LogP contribution in [0.15, 0.2) is 97.2 Å². The van der Waals surface area contributed by atoms with Crippen molar-refractivity contribution >= 4 is 5.91 Å². The van der Waals surface area contributed by atoms with E-state index in [-0.39, 0.29) is 18.9 Å². The predicted molar refractivity (Wildman–Crippen MR) is 318 cm³/mol. The molecule has 2 aliphatic rings. The van der Waals surface area contributed by atoms with E-state index in [9.17, 15) is 45.6 Å². The topological polar surface area (TPSA) is 228 Å². The van der Waals surface area contributed by atoms with Gasteiger partial charge in [-0.15, -0.1) is 0 Å². The van der Waals surface area contributed by atoms with Gasteiger partial charge in [0.05, 0.1) is 32.0 Å². The van der Waals surface area contributed by atoms with Crippen molar-refractivity contribution in [1.29, 1.82) is 0 Å². The zero-order valence-corrected chi connectivity index (χ0v) is 48.8. The Morgan fingerprint density at radius 1 is 0.468 bits per heavy atom. The van der Waals surface area contributed by atoms with Gasteiger partial charge < -0.3 is 65.1 Å². The highest BCUT2D eigenvalue weighted by atomic mass is 16.7. The molecule has 79 heavy (non-hydrogen) atoms. The maximum absolute atomic E-state index is 13.3. The fourth-order valence-corrected chi connectivity index (χ4v) is 9.55. The molecule has 1 amide bonds. The van der Waals surface area contributed by atoms with Crippen LogP contribution in [0.25, 0.3) is 0 Å². The molecule has 0 radical (unpaired) electrons. The lowest BCUT2D eigenvalue weighted by Gasteiger charge is -2.46. The molecule has 0 aromatic heterocycles. The molecule has 0 aromatic rings. The molecular formula is C65H111NO13. The first-order valence-corrected chi connectivity index (χ1v) is 31.0. The molecular weight excluding hydrogens is 1000 g/mol. The average molecular weight is 1110 g/mol. The number of rotatable bonds is 48. The van der Waals surface area contributed by atoms with Crippen LogP contribution in [0.3, 0.4) is 0 Å². The highest BCUT2D eigenvalue weighted by Gasteiger charge is 2.51. The van der Waals surface area contributed by atoms with E-state index < -0.39 is 86.8 Å². The van der Waals surface area contributed by atoms with Crippen molar-refractivity contribution in [2.75, 3.05) is 19.8 Å². The summed E-state index contributed by atoms with van der Waals surface area (Å²) in [6, 6.07) is -0.953. The lowest BCUT2D eigenvalue weighted by Crippen LogP contribution is -2.65. The Morgan fingerprint density at radius 3 is 1.39 bits per heavy atom. The highest BCUT2D eigenvalue weighted by Crippen LogP contribution is 2.30. The third-order valence-electron chi connectivity index (χ3n) is 14.5. The van der Waals surface area contributed by atoms with Crippen molar-refractivity contribution < 1.29 is 64.6 Å². The van der Waals surface area contributed by atoms with Crippen molar-refractivity contribution in [3.8, 4) is 0 Å². The monoisotopic (exact) mass is 1110 g/mol. The van der Waals surface area contributed by atoms with Crippen molar-refractivity contribution in [2.24, 2.45) is 0 Å². The van der Waals surface area contributed by atoms with Crippen LogP contribution in [-0.4, -0.2) is 140 Å². The third kappa shape index (κ3) is 34.8. The summed E-state index contributed by atoms with van der Waals surface area (Å²) in [6.07, 6.45) is 51.6. The molecule has 2 rings (SSSR count). The summed E-state index contributed by atoms with van der Waals surface area (Å²) in [5.74, 6) is -0.276. The third-order valence-corrected chi connectivity index (χ3v) is 14.5. The van der Waals surface area contributed by atoms with E-state index in [1.54, 1.807) is 6.08 Å². The standard InChI is InChI=1S/C65H111NO13/c1-3-5-7-9-11-13-15-17-19-21-23-25-27-29-31-33-35-37-39-41-43-45-47-49-57(70)66-53(52-76-64-62(75)60(73)63(56(51-68)78-64)79-65-61(74)59(72)58(71)55(50-67)77-65)54(69)48-46-44-42-40-38-36-34-32-30-28-26-24-22-20-18-16-14-12-10-8-6-4-2/h5,7,11,13,17,19,23,25,29,31,35,37-38,40,46,48,53-56,58-65,67-69,71-75H,3-4,6,8-10,12,14-16,18,20-22,24,26-28,30,32-34,36,39,41-45,47,49-52H2,1-2H3,(H,66,70)/b7-5-,13-11-,19-17-,25-23-,31-29-,37-35-,40-38+,48-46+. The molecule has 0 spiro atoms. The Kier molecular flexibility index (Phi) is 45.1. The summed E-state index contributed by atoms with van der Waals surface area (Å²) in [7, 11) is 0. The Bertz CT molecular complexity index is 1690. The number of aliphatic hydroxyl groups is 8. The Morgan fingerprint density at radius 2 is 0.886 bits per heavy atom. The normalized spacial score (nSPS) is 25.1. The second-order valence-corrected chi connectivity index (χ2v) is 21.4. The zero-order chi connectivity index (χ0) is 57.4. The van der Waals surface area contributed by atoms with Gasteiger partial charge in [-0.05, 0) is 83.5 Å². The van der Waals surface area contributed by atoms with Crippen LogP contribution in [0.4, 0.5) is 0 Å². The minimum Gasteiger partial charge on any atom is -0.394 e. The number of amides is 1. The second kappa shape index (κ2) is 49.5. The lowest BCUT2D eigenvalue weighted by atomic mass is 9.97. The summed E-state index contributed by atoms with van der Waals surface area (Å²) in [6.45, 7) is 2.65. The smallest absolute Gasteiger partial charge is 0.220 e. The fraction of sp³-hybridized carbons (Fsp3) is 0.738. The van der Waals surface area contributed by atoms with Gasteiger partial charge in [-0.2, -0.15) is 0 Å². The number of allylic oxidation sites excluding steroid dienone is 15. The van der Waals surface area contributed by atoms with Crippen LogP contribution in [0.2, 0.25) is 0 Å². The predicted octanol–water partition coefficient (Wildman–Crippen LogP) is 11.1. The molecule has 0 bridgehead atoms. The minimum absolute atomic E-state index is 0.238. The summed E-state index contributed by atoms with van der Waals surface area (Å²) in [5.41, 5.74) is 0. The number of nitrogens with one attached hydrogen (secondary N) is 1. The zero-order valence-electron chi connectivity index (χ0n) is 48.8. The van der Waals surface area contributed by atoms with Gasteiger partial charge in [0, 0.05) is 6.42 Å². The highest BCUT2D eigenvalue weighted by molar-refractivity contribution is 5.76. The number of unbranched alkanes of at least 4 members (excludes halogenated alkanes) is 21. The summed E-state index contributed by atoms with van der Waals surface area (Å²) >= 11 is 0. The average Bonchev–Trinajstić information content (AvgIpc) is 3.47. The second-order valence-electron chi connectivity index (χ2n) is 21.4. The van der Waals surface area contributed by atoms with E-state index in [0.717, 1.165) is 77.0 Å². The van der Waals surface area contributed by atoms with Gasteiger partial charge >= 0.3 is 0 Å². The first kappa shape index (κ1) is 72.0. The maximum Gasteiger partial charge on any atom is 0.220 e. The fourth-order valence-electron chi connectivity index (χ4n) is 9.55. The molecule has 9 N–H and O–H groups in total. The lowest BCUT2D eigenvalue weighted by molar-refractivity contribution is -0.359. The summed E-state index contributed by atoms with van der Waals surface area (Å²) in [4.78, 5) is 13.3. The van der Waals surface area contributed by atoms with Gasteiger partial charge in [0.2, 0.25) is 5.91 Å². The van der Waals surface area contributed by atoms with Crippen molar-refractivity contribution in [2.45, 2.75) is 286 Å². The molecule has 12 unspecified atom stereocenters. The summed E-state index contributed by atoms with van der Waals surface area (Å²) in [5, 5.41) is 87.2. The van der Waals surface area contributed by atoms with Gasteiger partial charge in [-0.3, -0.25) is 4.79 Å². The Labute approximate surface area is 477 Å². The molecule has 0 aliphatic carbocycles. The molecule has 2 fully saturated rings. The van der Waals surface area contributed by atoms with Gasteiger partial charge in [-0.25, -0.2) is 0 Å². The van der Waals surface area contributed by atoms with E-state index >= 15 is 0 Å². The first-order valence-electron chi connectivity index (χ1n) is 31.0. The molecule has 14 nitrogen and oxygen atoms in total. The molecule has 2 aliphatic heterocycles. The Hall–Kier alpha value is -3.09. The minimum atomic E-state index is -1.80. The Balaban J connectivity index is 1.79. The first-order chi connectivity index (χ1) is 38.6. The molecule has 0 saturated carbocycles. The van der Waals surface area contributed by atoms with Crippen molar-refractivity contribution in [3.63, 3.8) is 0 Å². The van der Waals surface area contributed by atoms with Crippen molar-refractivity contribution in [1.82, 2.24) is 5.32 Å². The van der Waals surface area contributed by atoms with Crippen LogP contribution in [0, 0.1) is 0 Å². The number of hydrogen-bond donors (Lipinski definition) is 9. The number of carbonyl (C=O) groups is 1. The van der Waals surface area contributed by atoms with Gasteiger partial charge in [0.15, 0.2) is 12.6 Å². The van der Waals surface area contributed by atoms with E-state index in [1.807, 2.05) is 6.08 Å². The molecule has 0 aromatic carbocycles. The SMILES string of the molecule is CC/C=C\C/C=C\C/C=C\C/C=C\C/C=C\C/C=C\CCCCCCC(=O)NC(COC1OC(CO)C(OC2OC(CO)C(O)C(O)C2O)C(O)C1O)C(O)/C=C/CC/C=C/CCCCCCCCCCCCCCCCCC. The van der Waals surface area contributed by atoms with Crippen LogP contribution >= 0.6 is 0 Å². The van der Waals surface area contributed by atoms with Crippen LogP contribution < -0.4 is 5.32 Å². The number of carbonyl (C=O) groups excluding carboxylic acids is 1. The van der Waals surface area contributed by atoms with E-state index in [2.05, 4.69) is 104 Å². The van der Waals surface area contributed by atoms with Crippen molar-refractivity contribution in [3.05, 3.63) is 97.2 Å². The molecule has 14 heteroatoms. The van der Waals surface area contributed by atoms with Crippen LogP contribution in [-0.2, 0) is 23.7 Å². The molecule has 2 saturated heterocycles. The number of ether oxygens (including phenoxy) is 4. The number of aliphatic hydroxyl groups excluding tert-OH is 8. The molecule has 2 heterocycles. The van der Waals surface area contributed by atoms with Crippen LogP contribution in [0.5, 0.6) is 0 Å². The molecule has 12 atom stereocenters. The summed E-state index contributed by atoms with van der Waals surface area (Å²) < 4.78 is 22.8. The van der Waals surface area contributed by atoms with E-state index in [0.29, 0.717) is 12.8 Å². The van der Waals surface area contributed by atoms with Crippen LogP contribution in [0.1, 0.15) is 213 Å². The maximum atomic E-state index is 13.3. The van der Waals surface area contributed by atoms with Gasteiger partial charge in [0.1, 0.15) is 48.8 Å². The quantitative estimate of drug-likeness (QED) is 0.0204. The van der Waals surface area contributed by atoms with Gasteiger partial charge in [-0.1, -0.05) is 220 Å². The van der Waals surface area contributed by atoms with E-state index in [1.165, 1.54) is 103 Å².